The lowest BCUT2D eigenvalue weighted by Crippen LogP contribution is -2.60. The molecule has 2 saturated heterocycles. The minimum atomic E-state index is 0.189. The van der Waals surface area contributed by atoms with Crippen LogP contribution in [0.2, 0.25) is 0 Å². The molecule has 2 aliphatic rings. The van der Waals surface area contributed by atoms with E-state index in [0.29, 0.717) is 0 Å². The highest BCUT2D eigenvalue weighted by molar-refractivity contribution is 9.10. The van der Waals surface area contributed by atoms with Crippen LogP contribution in [-0.2, 0) is 6.54 Å². The third-order valence-electron chi connectivity index (χ3n) is 5.42. The summed E-state index contributed by atoms with van der Waals surface area (Å²) in [6, 6.07) is 3.69. The number of nitrogens with two attached hydrogens (primary N) is 1. The lowest BCUT2D eigenvalue weighted by atomic mass is 9.81. The highest BCUT2D eigenvalue weighted by Gasteiger charge is 2.48. The molecule has 0 spiro atoms. The summed E-state index contributed by atoms with van der Waals surface area (Å²) >= 11 is 5.38. The van der Waals surface area contributed by atoms with Crippen LogP contribution < -0.4 is 5.73 Å². The summed E-state index contributed by atoms with van der Waals surface area (Å²) in [7, 11) is 4.55. The Morgan fingerprint density at radius 3 is 2.60 bits per heavy atom. The van der Waals surface area contributed by atoms with E-state index in [1.165, 1.54) is 35.0 Å². The number of likely N-dealkylation sites (N-methyl/N-ethyl adjacent to an activating group) is 1. The topological polar surface area (TPSA) is 32.5 Å². The maximum atomic E-state index is 6.23. The van der Waals surface area contributed by atoms with Crippen molar-refractivity contribution in [3.05, 3.63) is 20.8 Å². The molecule has 5 heteroatoms. The van der Waals surface area contributed by atoms with E-state index >= 15 is 0 Å². The van der Waals surface area contributed by atoms with Crippen molar-refractivity contribution >= 4 is 27.3 Å². The van der Waals surface area contributed by atoms with Gasteiger partial charge < -0.3 is 10.6 Å². The predicted octanol–water partition coefficient (Wildman–Crippen LogP) is 2.90. The Morgan fingerprint density at radius 2 is 2.10 bits per heavy atom. The normalized spacial score (nSPS) is 34.0. The summed E-state index contributed by atoms with van der Waals surface area (Å²) in [5, 5.41) is 2.16. The summed E-state index contributed by atoms with van der Waals surface area (Å²) in [4.78, 5) is 6.52. The molecule has 0 radical (unpaired) electrons. The average Bonchev–Trinajstić information content (AvgIpc) is 2.90. The summed E-state index contributed by atoms with van der Waals surface area (Å²) in [5.41, 5.74) is 6.42. The number of thiophene rings is 1. The molecule has 112 valence electrons. The molecule has 0 amide bonds. The first-order chi connectivity index (χ1) is 9.54. The van der Waals surface area contributed by atoms with Gasteiger partial charge in [-0.1, -0.05) is 0 Å². The van der Waals surface area contributed by atoms with Crippen molar-refractivity contribution in [1.82, 2.24) is 9.80 Å². The van der Waals surface area contributed by atoms with Gasteiger partial charge >= 0.3 is 0 Å². The molecule has 0 aliphatic carbocycles. The minimum absolute atomic E-state index is 0.189. The van der Waals surface area contributed by atoms with E-state index in [0.717, 1.165) is 25.2 Å². The molecule has 2 aliphatic heterocycles. The van der Waals surface area contributed by atoms with Gasteiger partial charge in [-0.05, 0) is 61.8 Å². The first-order valence-electron chi connectivity index (χ1n) is 7.40. The molecule has 2 bridgehead atoms. The molecule has 0 saturated carbocycles. The van der Waals surface area contributed by atoms with Gasteiger partial charge in [-0.25, -0.2) is 0 Å². The zero-order valence-corrected chi connectivity index (χ0v) is 14.7. The largest absolute Gasteiger partial charge is 0.329 e. The molecule has 0 aromatic carbocycles. The molecule has 1 aromatic heterocycles. The van der Waals surface area contributed by atoms with Gasteiger partial charge in [-0.2, -0.15) is 0 Å². The van der Waals surface area contributed by atoms with Crippen LogP contribution in [0.3, 0.4) is 0 Å². The number of fused-ring (bicyclic) bond motifs is 2. The van der Waals surface area contributed by atoms with E-state index < -0.39 is 0 Å². The van der Waals surface area contributed by atoms with E-state index in [1.54, 1.807) is 0 Å². The molecule has 1 aromatic rings. The van der Waals surface area contributed by atoms with E-state index in [1.807, 2.05) is 11.3 Å². The minimum Gasteiger partial charge on any atom is -0.329 e. The summed E-state index contributed by atoms with van der Waals surface area (Å²) in [6.07, 6.45) is 5.14. The number of hydrogen-bond acceptors (Lipinski definition) is 4. The fourth-order valence-corrected chi connectivity index (χ4v) is 5.52. The Hall–Kier alpha value is 0.0600. The van der Waals surface area contributed by atoms with Gasteiger partial charge in [0.05, 0.1) is 0 Å². The van der Waals surface area contributed by atoms with Crippen LogP contribution in [0.1, 0.15) is 30.6 Å². The van der Waals surface area contributed by atoms with Crippen molar-refractivity contribution in [3.8, 4) is 0 Å². The van der Waals surface area contributed by atoms with Crippen molar-refractivity contribution in [2.75, 3.05) is 20.6 Å². The third kappa shape index (κ3) is 2.59. The second-order valence-electron chi connectivity index (χ2n) is 6.47. The number of halogens is 1. The molecule has 3 nitrogen and oxygen atoms in total. The van der Waals surface area contributed by atoms with Crippen LogP contribution in [0.15, 0.2) is 15.9 Å². The molecule has 2 unspecified atom stereocenters. The second kappa shape index (κ2) is 5.69. The molecular formula is C15H24BrN3S. The van der Waals surface area contributed by atoms with E-state index in [2.05, 4.69) is 51.3 Å². The third-order valence-corrected chi connectivity index (χ3v) is 7.10. The van der Waals surface area contributed by atoms with Gasteiger partial charge in [0.15, 0.2) is 0 Å². The van der Waals surface area contributed by atoms with Crippen molar-refractivity contribution < 1.29 is 0 Å². The summed E-state index contributed by atoms with van der Waals surface area (Å²) in [5.74, 6) is 0. The van der Waals surface area contributed by atoms with Gasteiger partial charge in [0.25, 0.3) is 0 Å². The zero-order chi connectivity index (χ0) is 14.3. The predicted molar refractivity (Wildman–Crippen MR) is 89.1 cm³/mol. The van der Waals surface area contributed by atoms with Crippen molar-refractivity contribution in [2.24, 2.45) is 5.73 Å². The van der Waals surface area contributed by atoms with Gasteiger partial charge in [-0.15, -0.1) is 11.3 Å². The Kier molecular flexibility index (Phi) is 4.26. The Morgan fingerprint density at radius 1 is 1.45 bits per heavy atom. The number of nitrogens with zero attached hydrogens (tertiary/aromatic N) is 2. The highest BCUT2D eigenvalue weighted by Crippen LogP contribution is 2.42. The number of piperidine rings is 1. The molecule has 2 N–H and O–H groups in total. The lowest BCUT2D eigenvalue weighted by molar-refractivity contribution is 0.0123. The van der Waals surface area contributed by atoms with Crippen LogP contribution in [0.5, 0.6) is 0 Å². The number of hydrogen-bond donors (Lipinski definition) is 1. The molecular weight excluding hydrogens is 334 g/mol. The average molecular weight is 358 g/mol. The van der Waals surface area contributed by atoms with Gasteiger partial charge in [0.1, 0.15) is 0 Å². The Bertz CT molecular complexity index is 461. The molecule has 2 atom stereocenters. The Labute approximate surface area is 134 Å². The molecule has 3 heterocycles. The smallest absolute Gasteiger partial charge is 0.0362 e. The lowest BCUT2D eigenvalue weighted by Gasteiger charge is -2.49. The van der Waals surface area contributed by atoms with Crippen LogP contribution >= 0.6 is 27.3 Å². The standard InChI is InChI=1S/C15H24BrN3S/c1-18(8-14-5-11(16)9-20-14)15(10-17)6-12-3-4-13(7-15)19(12)2/h5,9,12-13H,3-4,6-8,10,17H2,1-2H3. The molecule has 2 fully saturated rings. The highest BCUT2D eigenvalue weighted by atomic mass is 79.9. The van der Waals surface area contributed by atoms with Gasteiger partial charge in [0, 0.05) is 45.4 Å². The van der Waals surface area contributed by atoms with Crippen molar-refractivity contribution in [1.29, 1.82) is 0 Å². The first-order valence-corrected chi connectivity index (χ1v) is 9.07. The van der Waals surface area contributed by atoms with Gasteiger partial charge in [-0.3, -0.25) is 4.90 Å². The quantitative estimate of drug-likeness (QED) is 0.898. The van der Waals surface area contributed by atoms with Crippen molar-refractivity contribution in [3.63, 3.8) is 0 Å². The zero-order valence-electron chi connectivity index (χ0n) is 12.3. The Balaban J connectivity index is 1.75. The fraction of sp³-hybridized carbons (Fsp3) is 0.733. The van der Waals surface area contributed by atoms with E-state index in [-0.39, 0.29) is 5.54 Å². The van der Waals surface area contributed by atoms with Crippen LogP contribution in [0.4, 0.5) is 0 Å². The number of rotatable bonds is 4. The summed E-state index contributed by atoms with van der Waals surface area (Å²) in [6.45, 7) is 1.79. The van der Waals surface area contributed by atoms with Crippen LogP contribution in [-0.4, -0.2) is 48.1 Å². The van der Waals surface area contributed by atoms with Gasteiger partial charge in [0.2, 0.25) is 0 Å². The monoisotopic (exact) mass is 357 g/mol. The maximum absolute atomic E-state index is 6.23. The molecule has 20 heavy (non-hydrogen) atoms. The fourth-order valence-electron chi connectivity index (χ4n) is 4.02. The SMILES string of the molecule is CN1C2CCC1CC(CN)(N(C)Cc1cc(Br)cs1)C2. The van der Waals surface area contributed by atoms with E-state index in [4.69, 9.17) is 5.73 Å². The maximum Gasteiger partial charge on any atom is 0.0362 e. The molecule has 3 rings (SSSR count). The van der Waals surface area contributed by atoms with E-state index in [9.17, 15) is 0 Å². The van der Waals surface area contributed by atoms with Crippen LogP contribution in [0, 0.1) is 0 Å². The summed E-state index contributed by atoms with van der Waals surface area (Å²) < 4.78 is 1.19. The van der Waals surface area contributed by atoms with Crippen LogP contribution in [0.25, 0.3) is 0 Å². The first kappa shape index (κ1) is 15.0. The second-order valence-corrected chi connectivity index (χ2v) is 8.39. The van der Waals surface area contributed by atoms with Crippen molar-refractivity contribution in [2.45, 2.75) is 49.9 Å².